The number of benzene rings is 5. The number of aryl methyl sites for hydroxylation is 2. The molecule has 0 atom stereocenters. The molecule has 0 amide bonds. The van der Waals surface area contributed by atoms with Crippen molar-refractivity contribution in [2.75, 3.05) is 0 Å². The minimum absolute atomic E-state index is 0.352. The monoisotopic (exact) mass is 420 g/mol. The third-order valence-corrected chi connectivity index (χ3v) is 6.75. The average Bonchev–Trinajstić information content (AvgIpc) is 2.76. The summed E-state index contributed by atoms with van der Waals surface area (Å²) in [6, 6.07) is 10.5. The molecule has 0 saturated carbocycles. The SMILES string of the molecule is Cc1cc2c3c(ccc4c5c(C)cc6c7c(ccc(c1c34)c75)C(=O)OC6=O)C(=O)OC2=O. The van der Waals surface area contributed by atoms with Crippen LogP contribution in [0.25, 0.3) is 43.1 Å². The van der Waals surface area contributed by atoms with Crippen LogP contribution in [0.5, 0.6) is 0 Å². The van der Waals surface area contributed by atoms with E-state index in [0.29, 0.717) is 33.0 Å². The lowest BCUT2D eigenvalue weighted by Gasteiger charge is -2.24. The van der Waals surface area contributed by atoms with Crippen LogP contribution >= 0.6 is 0 Å². The van der Waals surface area contributed by atoms with Gasteiger partial charge in [0.2, 0.25) is 0 Å². The maximum absolute atomic E-state index is 12.5. The Labute approximate surface area is 179 Å². The van der Waals surface area contributed by atoms with E-state index in [-0.39, 0.29) is 0 Å². The smallest absolute Gasteiger partial charge is 0.346 e. The fourth-order valence-electron chi connectivity index (χ4n) is 5.56. The van der Waals surface area contributed by atoms with E-state index in [1.54, 1.807) is 24.3 Å². The average molecular weight is 420 g/mol. The molecule has 7 rings (SSSR count). The summed E-state index contributed by atoms with van der Waals surface area (Å²) >= 11 is 0. The second-order valence-electron chi connectivity index (χ2n) is 8.41. The van der Waals surface area contributed by atoms with Gasteiger partial charge in [-0.3, -0.25) is 0 Å². The molecule has 0 aliphatic carbocycles. The van der Waals surface area contributed by atoms with Crippen molar-refractivity contribution in [2.45, 2.75) is 13.8 Å². The Balaban J connectivity index is 1.88. The molecule has 5 aromatic rings. The standard InChI is InChI=1S/C26H12O6/c1-9-7-15-19-13(23(27)31-25(15)29)6-4-12-18-10(2)8-16-20-14(24(28)32-26(16)30)5-3-11(22(18)20)17(9)21(12)19/h3-8H,1-2H3. The first-order chi connectivity index (χ1) is 15.4. The highest BCUT2D eigenvalue weighted by Crippen LogP contribution is 2.47. The van der Waals surface area contributed by atoms with E-state index in [1.807, 2.05) is 26.0 Å². The molecule has 0 aromatic heterocycles. The van der Waals surface area contributed by atoms with Crippen molar-refractivity contribution in [3.05, 3.63) is 69.8 Å². The van der Waals surface area contributed by atoms with Gasteiger partial charge in [-0.05, 0) is 81.6 Å². The maximum atomic E-state index is 12.5. The second kappa shape index (κ2) is 5.29. The summed E-state index contributed by atoms with van der Waals surface area (Å²) in [6.45, 7) is 3.80. The van der Waals surface area contributed by atoms with E-state index in [0.717, 1.165) is 43.4 Å². The fourth-order valence-corrected chi connectivity index (χ4v) is 5.56. The molecule has 152 valence electrons. The Kier molecular flexibility index (Phi) is 2.87. The van der Waals surface area contributed by atoms with Gasteiger partial charge in [-0.1, -0.05) is 12.1 Å². The normalized spacial score (nSPS) is 15.3. The number of carbonyl (C=O) groups excluding carboxylic acids is 4. The van der Waals surface area contributed by atoms with E-state index in [1.165, 1.54) is 0 Å². The van der Waals surface area contributed by atoms with Crippen molar-refractivity contribution in [1.82, 2.24) is 0 Å². The van der Waals surface area contributed by atoms with E-state index in [4.69, 9.17) is 9.47 Å². The highest BCUT2D eigenvalue weighted by molar-refractivity contribution is 6.40. The number of ether oxygens (including phenoxy) is 2. The van der Waals surface area contributed by atoms with Gasteiger partial charge in [-0.15, -0.1) is 0 Å². The molecule has 0 unspecified atom stereocenters. The van der Waals surface area contributed by atoms with Crippen molar-refractivity contribution in [1.29, 1.82) is 0 Å². The topological polar surface area (TPSA) is 86.7 Å². The number of hydrogen-bond donors (Lipinski definition) is 0. The molecule has 2 aliphatic rings. The molecule has 0 spiro atoms. The molecule has 0 N–H and O–H groups in total. The van der Waals surface area contributed by atoms with Crippen LogP contribution in [0.4, 0.5) is 0 Å². The van der Waals surface area contributed by atoms with Gasteiger partial charge in [0.25, 0.3) is 0 Å². The van der Waals surface area contributed by atoms with Gasteiger partial charge in [-0.25, -0.2) is 19.2 Å². The summed E-state index contributed by atoms with van der Waals surface area (Å²) in [5, 5.41) is 6.25. The Hall–Kier alpha value is -4.32. The van der Waals surface area contributed by atoms with Crippen LogP contribution in [0.2, 0.25) is 0 Å². The molecule has 0 bridgehead atoms. The lowest BCUT2D eigenvalue weighted by molar-refractivity contribution is 0.0373. The van der Waals surface area contributed by atoms with E-state index in [2.05, 4.69) is 0 Å². The van der Waals surface area contributed by atoms with E-state index >= 15 is 0 Å². The lowest BCUT2D eigenvalue weighted by Crippen LogP contribution is -2.21. The minimum Gasteiger partial charge on any atom is -0.386 e. The van der Waals surface area contributed by atoms with Crippen LogP contribution in [0.1, 0.15) is 52.6 Å². The van der Waals surface area contributed by atoms with Crippen molar-refractivity contribution >= 4 is 67.0 Å². The Morgan fingerprint density at radius 2 is 0.844 bits per heavy atom. The third kappa shape index (κ3) is 1.78. The predicted molar refractivity (Wildman–Crippen MR) is 117 cm³/mol. The molecule has 32 heavy (non-hydrogen) atoms. The Morgan fingerprint density at radius 3 is 1.25 bits per heavy atom. The molecule has 6 heteroatoms. The molecule has 5 aromatic carbocycles. The van der Waals surface area contributed by atoms with E-state index < -0.39 is 23.9 Å². The predicted octanol–water partition coefficient (Wildman–Crippen LogP) is 4.98. The summed E-state index contributed by atoms with van der Waals surface area (Å²) in [5.74, 6) is -2.64. The quantitative estimate of drug-likeness (QED) is 0.152. The van der Waals surface area contributed by atoms with Crippen LogP contribution in [-0.2, 0) is 9.47 Å². The number of esters is 4. The molecule has 2 heterocycles. The summed E-state index contributed by atoms with van der Waals surface area (Å²) in [6.07, 6.45) is 0. The molecule has 2 aliphatic heterocycles. The zero-order valence-corrected chi connectivity index (χ0v) is 16.9. The summed E-state index contributed by atoms with van der Waals surface area (Å²) in [7, 11) is 0. The molecule has 0 fully saturated rings. The number of hydrogen-bond acceptors (Lipinski definition) is 6. The van der Waals surface area contributed by atoms with Crippen molar-refractivity contribution in [3.8, 4) is 0 Å². The van der Waals surface area contributed by atoms with Gasteiger partial charge in [0.1, 0.15) is 0 Å². The number of carbonyl (C=O) groups is 4. The van der Waals surface area contributed by atoms with Gasteiger partial charge in [0, 0.05) is 10.8 Å². The molecular formula is C26H12O6. The summed E-state index contributed by atoms with van der Waals surface area (Å²) in [4.78, 5) is 50.0. The fraction of sp³-hybridized carbons (Fsp3) is 0.0769. The van der Waals surface area contributed by atoms with Crippen LogP contribution < -0.4 is 0 Å². The Morgan fingerprint density at radius 1 is 0.469 bits per heavy atom. The zero-order chi connectivity index (χ0) is 22.0. The lowest BCUT2D eigenvalue weighted by atomic mass is 9.81. The highest BCUT2D eigenvalue weighted by atomic mass is 16.6. The largest absolute Gasteiger partial charge is 0.386 e. The first kappa shape index (κ1) is 17.4. The van der Waals surface area contributed by atoms with Crippen LogP contribution in [0.3, 0.4) is 0 Å². The van der Waals surface area contributed by atoms with Gasteiger partial charge in [-0.2, -0.15) is 0 Å². The van der Waals surface area contributed by atoms with E-state index in [9.17, 15) is 19.2 Å². The molecular weight excluding hydrogens is 408 g/mol. The Bertz CT molecular complexity index is 1670. The first-order valence-corrected chi connectivity index (χ1v) is 10.1. The minimum atomic E-state index is -0.662. The number of cyclic esters (lactones) is 4. The second-order valence-corrected chi connectivity index (χ2v) is 8.41. The summed E-state index contributed by atoms with van der Waals surface area (Å²) in [5.41, 5.74) is 3.11. The molecule has 6 nitrogen and oxygen atoms in total. The van der Waals surface area contributed by atoms with Crippen molar-refractivity contribution < 1.29 is 28.7 Å². The van der Waals surface area contributed by atoms with Crippen LogP contribution in [-0.4, -0.2) is 23.9 Å². The highest BCUT2D eigenvalue weighted by Gasteiger charge is 2.33. The number of fused-ring (bicyclic) bond motifs is 2. The number of rotatable bonds is 0. The third-order valence-electron chi connectivity index (χ3n) is 6.75. The van der Waals surface area contributed by atoms with Crippen molar-refractivity contribution in [3.63, 3.8) is 0 Å². The van der Waals surface area contributed by atoms with Crippen LogP contribution in [0, 0.1) is 13.8 Å². The zero-order valence-electron chi connectivity index (χ0n) is 16.9. The first-order valence-electron chi connectivity index (χ1n) is 10.1. The maximum Gasteiger partial charge on any atom is 0.346 e. The van der Waals surface area contributed by atoms with Crippen molar-refractivity contribution in [2.24, 2.45) is 0 Å². The summed E-state index contributed by atoms with van der Waals surface area (Å²) < 4.78 is 9.90. The van der Waals surface area contributed by atoms with Crippen LogP contribution in [0.15, 0.2) is 36.4 Å². The van der Waals surface area contributed by atoms with Gasteiger partial charge < -0.3 is 9.47 Å². The molecule has 0 radical (unpaired) electrons. The van der Waals surface area contributed by atoms with Gasteiger partial charge in [0.15, 0.2) is 0 Å². The molecule has 0 saturated heterocycles. The van der Waals surface area contributed by atoms with Gasteiger partial charge >= 0.3 is 23.9 Å². The van der Waals surface area contributed by atoms with Gasteiger partial charge in [0.05, 0.1) is 22.3 Å².